The molecule has 216 valence electrons. The Hall–Kier alpha value is -3.40. The summed E-state index contributed by atoms with van der Waals surface area (Å²) in [6.07, 6.45) is 3.42. The maximum atomic E-state index is 13.5. The van der Waals surface area contributed by atoms with Crippen LogP contribution in [0.3, 0.4) is 0 Å². The molecule has 0 aliphatic carbocycles. The molecule has 2 aromatic carbocycles. The van der Waals surface area contributed by atoms with E-state index in [0.29, 0.717) is 30.4 Å². The zero-order valence-electron chi connectivity index (χ0n) is 23.9. The van der Waals surface area contributed by atoms with Gasteiger partial charge < -0.3 is 15.4 Å². The summed E-state index contributed by atoms with van der Waals surface area (Å²) >= 11 is 0. The van der Waals surface area contributed by atoms with Gasteiger partial charge in [0.05, 0.1) is 24.3 Å². The van der Waals surface area contributed by atoms with Crippen LogP contribution >= 0.6 is 0 Å². The summed E-state index contributed by atoms with van der Waals surface area (Å²) in [4.78, 5) is 28.3. The van der Waals surface area contributed by atoms with E-state index < -0.39 is 27.0 Å². The fourth-order valence-electron chi connectivity index (χ4n) is 5.69. The number of ether oxygens (including phenoxy) is 1. The Morgan fingerprint density at radius 2 is 1.88 bits per heavy atom. The standard InChI is InChI=1S/C30H40N4O5S/c1-6-30(7-2)19-26(35)34(28(31)33-30)24(15-16-40(5,37)38)20-11-10-12-21(17-20)27(36)32-23-18-29(3,4)39-25-14-9-8-13-22(23)25/h8-14,17,23-24H,6-7,15-16,18-19H2,1-5H3,(H2,31,33)(H,32,36)/t23-,24+/m0/s1. The number of rotatable bonds is 9. The molecule has 0 saturated carbocycles. The third kappa shape index (κ3) is 6.49. The number of carbonyl (C=O) groups excluding carboxylic acids is 2. The Kier molecular flexibility index (Phi) is 8.31. The van der Waals surface area contributed by atoms with Crippen molar-refractivity contribution in [2.75, 3.05) is 12.0 Å². The van der Waals surface area contributed by atoms with Gasteiger partial charge in [-0.05, 0) is 56.9 Å². The molecule has 2 aromatic rings. The first kappa shape index (κ1) is 29.6. The van der Waals surface area contributed by atoms with Gasteiger partial charge in [0.15, 0.2) is 5.96 Å². The van der Waals surface area contributed by atoms with Gasteiger partial charge in [0, 0.05) is 29.3 Å². The number of nitrogens with one attached hydrogen (secondary N) is 3. The molecule has 0 aromatic heterocycles. The Labute approximate surface area is 237 Å². The molecule has 4 rings (SSSR count). The zero-order valence-corrected chi connectivity index (χ0v) is 24.7. The van der Waals surface area contributed by atoms with Crippen molar-refractivity contribution in [1.29, 1.82) is 5.41 Å². The lowest BCUT2D eigenvalue weighted by atomic mass is 9.86. The number of nitrogens with zero attached hydrogens (tertiary/aromatic N) is 1. The molecule has 3 N–H and O–H groups in total. The Bertz CT molecular complexity index is 1380. The molecule has 0 spiro atoms. The topological polar surface area (TPSA) is 129 Å². The summed E-state index contributed by atoms with van der Waals surface area (Å²) in [6, 6.07) is 13.6. The first-order chi connectivity index (χ1) is 18.8. The summed E-state index contributed by atoms with van der Waals surface area (Å²) in [5.74, 6) is 0.0151. The maximum absolute atomic E-state index is 13.5. The number of hydrogen-bond acceptors (Lipinski definition) is 6. The van der Waals surface area contributed by atoms with Gasteiger partial charge in [-0.2, -0.15) is 0 Å². The smallest absolute Gasteiger partial charge is 0.251 e. The molecule has 2 aliphatic heterocycles. The Balaban J connectivity index is 1.63. The van der Waals surface area contributed by atoms with Crippen LogP contribution < -0.4 is 15.4 Å². The number of amides is 2. The summed E-state index contributed by atoms with van der Waals surface area (Å²) in [5, 5.41) is 15.1. The van der Waals surface area contributed by atoms with Crippen LogP contribution in [0, 0.1) is 5.41 Å². The van der Waals surface area contributed by atoms with E-state index in [-0.39, 0.29) is 42.4 Å². The highest BCUT2D eigenvalue weighted by Gasteiger charge is 2.42. The van der Waals surface area contributed by atoms with Crippen molar-refractivity contribution in [2.24, 2.45) is 0 Å². The second kappa shape index (κ2) is 11.2. The molecule has 1 saturated heterocycles. The lowest BCUT2D eigenvalue weighted by Gasteiger charge is -2.45. The summed E-state index contributed by atoms with van der Waals surface area (Å²) < 4.78 is 30.3. The van der Waals surface area contributed by atoms with Gasteiger partial charge >= 0.3 is 0 Å². The molecule has 10 heteroatoms. The van der Waals surface area contributed by atoms with Crippen molar-refractivity contribution in [3.05, 3.63) is 65.2 Å². The minimum atomic E-state index is -3.34. The average Bonchev–Trinajstić information content (AvgIpc) is 2.88. The van der Waals surface area contributed by atoms with E-state index in [9.17, 15) is 18.0 Å². The summed E-state index contributed by atoms with van der Waals surface area (Å²) in [6.45, 7) is 7.93. The van der Waals surface area contributed by atoms with Crippen LogP contribution in [0.2, 0.25) is 0 Å². The normalized spacial score (nSPS) is 20.6. The highest BCUT2D eigenvalue weighted by molar-refractivity contribution is 7.90. The van der Waals surface area contributed by atoms with Crippen molar-refractivity contribution in [1.82, 2.24) is 15.5 Å². The number of sulfone groups is 1. The van der Waals surface area contributed by atoms with Gasteiger partial charge in [0.1, 0.15) is 21.2 Å². The van der Waals surface area contributed by atoms with E-state index in [0.717, 1.165) is 17.6 Å². The van der Waals surface area contributed by atoms with Gasteiger partial charge in [-0.25, -0.2) is 8.42 Å². The molecule has 2 atom stereocenters. The van der Waals surface area contributed by atoms with Crippen LogP contribution in [-0.2, 0) is 14.6 Å². The quantitative estimate of drug-likeness (QED) is 0.408. The molecule has 9 nitrogen and oxygen atoms in total. The van der Waals surface area contributed by atoms with Gasteiger partial charge in [-0.15, -0.1) is 0 Å². The van der Waals surface area contributed by atoms with E-state index in [2.05, 4.69) is 10.6 Å². The number of fused-ring (bicyclic) bond motifs is 1. The van der Waals surface area contributed by atoms with Crippen LogP contribution in [0.15, 0.2) is 48.5 Å². The summed E-state index contributed by atoms with van der Waals surface area (Å²) in [7, 11) is -3.34. The summed E-state index contributed by atoms with van der Waals surface area (Å²) in [5.41, 5.74) is 0.945. The highest BCUT2D eigenvalue weighted by Crippen LogP contribution is 2.39. The Morgan fingerprint density at radius 1 is 1.18 bits per heavy atom. The monoisotopic (exact) mass is 568 g/mol. The lowest BCUT2D eigenvalue weighted by Crippen LogP contribution is -2.62. The van der Waals surface area contributed by atoms with Crippen molar-refractivity contribution < 1.29 is 22.7 Å². The van der Waals surface area contributed by atoms with E-state index in [1.54, 1.807) is 24.3 Å². The van der Waals surface area contributed by atoms with E-state index in [1.807, 2.05) is 52.0 Å². The fourth-order valence-corrected chi connectivity index (χ4v) is 6.34. The van der Waals surface area contributed by atoms with E-state index >= 15 is 0 Å². The number of para-hydroxylation sites is 1. The van der Waals surface area contributed by atoms with Gasteiger partial charge in [-0.3, -0.25) is 19.9 Å². The molecule has 2 heterocycles. The van der Waals surface area contributed by atoms with E-state index in [4.69, 9.17) is 10.1 Å². The fraction of sp³-hybridized carbons (Fsp3) is 0.500. The molecule has 0 bridgehead atoms. The van der Waals surface area contributed by atoms with Crippen LogP contribution in [0.1, 0.15) is 93.4 Å². The third-order valence-electron chi connectivity index (χ3n) is 8.03. The second-order valence-electron chi connectivity index (χ2n) is 11.6. The molecule has 1 fully saturated rings. The first-order valence-corrected chi connectivity index (χ1v) is 15.9. The predicted molar refractivity (Wildman–Crippen MR) is 155 cm³/mol. The molecule has 2 aliphatic rings. The number of guanidine groups is 1. The van der Waals surface area contributed by atoms with Gasteiger partial charge in [0.2, 0.25) is 5.91 Å². The number of carbonyl (C=O) groups is 2. The first-order valence-electron chi connectivity index (χ1n) is 13.8. The van der Waals surface area contributed by atoms with Crippen molar-refractivity contribution in [3.8, 4) is 5.75 Å². The Morgan fingerprint density at radius 3 is 2.52 bits per heavy atom. The third-order valence-corrected chi connectivity index (χ3v) is 9.00. The number of hydrogen-bond donors (Lipinski definition) is 3. The lowest BCUT2D eigenvalue weighted by molar-refractivity contribution is -0.132. The average molecular weight is 569 g/mol. The van der Waals surface area contributed by atoms with E-state index in [1.165, 1.54) is 4.90 Å². The predicted octanol–water partition coefficient (Wildman–Crippen LogP) is 4.51. The molecule has 0 radical (unpaired) electrons. The number of benzene rings is 2. The minimum Gasteiger partial charge on any atom is -0.487 e. The van der Waals surface area contributed by atoms with Crippen molar-refractivity contribution in [3.63, 3.8) is 0 Å². The molecule has 2 amide bonds. The van der Waals surface area contributed by atoms with Crippen molar-refractivity contribution >= 4 is 27.6 Å². The highest BCUT2D eigenvalue weighted by atomic mass is 32.2. The van der Waals surface area contributed by atoms with Crippen molar-refractivity contribution in [2.45, 2.75) is 83.0 Å². The molecule has 0 unspecified atom stereocenters. The molecular weight excluding hydrogens is 528 g/mol. The second-order valence-corrected chi connectivity index (χ2v) is 13.9. The SMILES string of the molecule is CCC1(CC)CC(=O)N([C@H](CCS(C)(=O)=O)c2cccc(C(=O)N[C@H]3CC(C)(C)Oc4ccccc43)c2)C(=N)N1. The maximum Gasteiger partial charge on any atom is 0.251 e. The zero-order chi connectivity index (χ0) is 29.3. The van der Waals surface area contributed by atoms with Crippen LogP contribution in [0.5, 0.6) is 5.75 Å². The van der Waals surface area contributed by atoms with Crippen LogP contribution in [0.4, 0.5) is 0 Å². The van der Waals surface area contributed by atoms with Gasteiger partial charge in [-0.1, -0.05) is 44.2 Å². The largest absolute Gasteiger partial charge is 0.487 e. The van der Waals surface area contributed by atoms with Crippen LogP contribution in [0.25, 0.3) is 0 Å². The van der Waals surface area contributed by atoms with Gasteiger partial charge in [0.25, 0.3) is 5.91 Å². The van der Waals surface area contributed by atoms with Crippen LogP contribution in [-0.4, -0.2) is 54.2 Å². The molecular formula is C30H40N4O5S. The minimum absolute atomic E-state index is 0.0469. The molecule has 40 heavy (non-hydrogen) atoms.